The molecular formula is C11H17N3O3S. The molecule has 0 aromatic heterocycles. The Morgan fingerprint density at radius 2 is 2.11 bits per heavy atom. The number of nitrogens with zero attached hydrogens (tertiary/aromatic N) is 1. The van der Waals surface area contributed by atoms with E-state index < -0.39 is 15.6 Å². The summed E-state index contributed by atoms with van der Waals surface area (Å²) >= 11 is 0. The van der Waals surface area contributed by atoms with Crippen LogP contribution < -0.4 is 15.8 Å². The zero-order chi connectivity index (χ0) is 13.6. The van der Waals surface area contributed by atoms with E-state index in [-0.39, 0.29) is 4.90 Å². The zero-order valence-electron chi connectivity index (χ0n) is 10.1. The maximum Gasteiger partial charge on any atom is 0.238 e. The first-order chi connectivity index (χ1) is 8.19. The Hall–Kier alpha value is -1.31. The molecule has 5 N–H and O–H groups in total. The maximum absolute atomic E-state index is 11.3. The van der Waals surface area contributed by atoms with Gasteiger partial charge in [0, 0.05) is 13.1 Å². The summed E-state index contributed by atoms with van der Waals surface area (Å²) in [6, 6.07) is 4.34. The van der Waals surface area contributed by atoms with Crippen LogP contribution in [0, 0.1) is 0 Å². The van der Waals surface area contributed by atoms with E-state index in [1.807, 2.05) is 4.90 Å². The fourth-order valence-electron chi connectivity index (χ4n) is 2.13. The molecule has 0 bridgehead atoms. The highest BCUT2D eigenvalue weighted by molar-refractivity contribution is 7.89. The SMILES string of the molecule is CC1(O)CCN(c2cc(S(N)(=O)=O)ccc2N)C1. The molecule has 7 heteroatoms. The van der Waals surface area contributed by atoms with E-state index in [4.69, 9.17) is 10.9 Å². The van der Waals surface area contributed by atoms with Crippen molar-refractivity contribution in [3.63, 3.8) is 0 Å². The fourth-order valence-corrected chi connectivity index (χ4v) is 2.66. The smallest absolute Gasteiger partial charge is 0.238 e. The van der Waals surface area contributed by atoms with Gasteiger partial charge in [-0.1, -0.05) is 0 Å². The van der Waals surface area contributed by atoms with Crippen LogP contribution in [-0.2, 0) is 10.0 Å². The van der Waals surface area contributed by atoms with E-state index in [0.717, 1.165) is 0 Å². The number of nitrogen functional groups attached to an aromatic ring is 1. The van der Waals surface area contributed by atoms with Gasteiger partial charge in [-0.25, -0.2) is 13.6 Å². The van der Waals surface area contributed by atoms with Gasteiger partial charge in [0.25, 0.3) is 0 Å². The monoisotopic (exact) mass is 271 g/mol. The summed E-state index contributed by atoms with van der Waals surface area (Å²) in [4.78, 5) is 1.89. The molecule has 0 saturated carbocycles. The van der Waals surface area contributed by atoms with Crippen molar-refractivity contribution >= 4 is 21.4 Å². The van der Waals surface area contributed by atoms with E-state index in [1.54, 1.807) is 6.92 Å². The van der Waals surface area contributed by atoms with Crippen LogP contribution in [0.5, 0.6) is 0 Å². The van der Waals surface area contributed by atoms with Gasteiger partial charge in [0.1, 0.15) is 0 Å². The standard InChI is InChI=1S/C11H17N3O3S/c1-11(15)4-5-14(7-11)10-6-8(18(13,16)17)2-3-9(10)12/h2-3,6,15H,4-5,7,12H2,1H3,(H2,13,16,17). The van der Waals surface area contributed by atoms with Crippen molar-refractivity contribution < 1.29 is 13.5 Å². The molecule has 0 aliphatic carbocycles. The number of sulfonamides is 1. The first kappa shape index (κ1) is 13.1. The van der Waals surface area contributed by atoms with Crippen molar-refractivity contribution in [2.45, 2.75) is 23.8 Å². The minimum Gasteiger partial charge on any atom is -0.397 e. The molecule has 1 heterocycles. The Morgan fingerprint density at radius 1 is 1.44 bits per heavy atom. The van der Waals surface area contributed by atoms with Gasteiger partial charge >= 0.3 is 0 Å². The summed E-state index contributed by atoms with van der Waals surface area (Å²) in [5, 5.41) is 15.0. The minimum atomic E-state index is -3.75. The number of nitrogens with two attached hydrogens (primary N) is 2. The van der Waals surface area contributed by atoms with Crippen molar-refractivity contribution in [3.05, 3.63) is 18.2 Å². The van der Waals surface area contributed by atoms with Gasteiger partial charge < -0.3 is 15.7 Å². The molecule has 6 nitrogen and oxygen atoms in total. The second kappa shape index (κ2) is 4.11. The van der Waals surface area contributed by atoms with Crippen molar-refractivity contribution in [3.8, 4) is 0 Å². The second-order valence-corrected chi connectivity index (χ2v) is 6.50. The number of anilines is 2. The minimum absolute atomic E-state index is 0.0262. The van der Waals surface area contributed by atoms with Crippen molar-refractivity contribution in [1.82, 2.24) is 0 Å². The lowest BCUT2D eigenvalue weighted by atomic mass is 10.1. The number of aliphatic hydroxyl groups is 1. The Bertz CT molecular complexity index is 569. The van der Waals surface area contributed by atoms with Crippen molar-refractivity contribution in [2.24, 2.45) is 5.14 Å². The Balaban J connectivity index is 2.39. The van der Waals surface area contributed by atoms with E-state index in [2.05, 4.69) is 0 Å². The number of benzene rings is 1. The van der Waals surface area contributed by atoms with Crippen LogP contribution in [-0.4, -0.2) is 32.2 Å². The average molecular weight is 271 g/mol. The highest BCUT2D eigenvalue weighted by atomic mass is 32.2. The lowest BCUT2D eigenvalue weighted by molar-refractivity contribution is 0.0839. The zero-order valence-corrected chi connectivity index (χ0v) is 10.9. The van der Waals surface area contributed by atoms with E-state index in [1.165, 1.54) is 18.2 Å². The largest absolute Gasteiger partial charge is 0.397 e. The summed E-state index contributed by atoms with van der Waals surface area (Å²) < 4.78 is 22.6. The number of hydrogen-bond acceptors (Lipinski definition) is 5. The molecule has 1 aliphatic rings. The first-order valence-corrected chi connectivity index (χ1v) is 7.13. The summed E-state index contributed by atoms with van der Waals surface area (Å²) in [7, 11) is -3.75. The number of rotatable bonds is 2. The van der Waals surface area contributed by atoms with Crippen molar-refractivity contribution in [1.29, 1.82) is 0 Å². The number of hydrogen-bond donors (Lipinski definition) is 3. The average Bonchev–Trinajstić information content (AvgIpc) is 2.57. The molecule has 100 valence electrons. The van der Waals surface area contributed by atoms with Crippen LogP contribution in [0.1, 0.15) is 13.3 Å². The maximum atomic E-state index is 11.3. The summed E-state index contributed by atoms with van der Waals surface area (Å²) in [5.74, 6) is 0. The highest BCUT2D eigenvalue weighted by Gasteiger charge is 2.32. The molecule has 1 aromatic carbocycles. The van der Waals surface area contributed by atoms with Gasteiger partial charge in [-0.2, -0.15) is 0 Å². The summed E-state index contributed by atoms with van der Waals surface area (Å²) in [6.45, 7) is 2.79. The van der Waals surface area contributed by atoms with E-state index in [0.29, 0.717) is 30.9 Å². The molecule has 2 rings (SSSR count). The highest BCUT2D eigenvalue weighted by Crippen LogP contribution is 2.32. The number of primary sulfonamides is 1. The molecular weight excluding hydrogens is 254 g/mol. The first-order valence-electron chi connectivity index (χ1n) is 5.59. The fraction of sp³-hybridized carbons (Fsp3) is 0.455. The van der Waals surface area contributed by atoms with Gasteiger partial charge in [0.15, 0.2) is 0 Å². The Kier molecular flexibility index (Phi) is 3.00. The molecule has 0 spiro atoms. The molecule has 0 amide bonds. The van der Waals surface area contributed by atoms with Crippen LogP contribution in [0.2, 0.25) is 0 Å². The molecule has 1 unspecified atom stereocenters. The van der Waals surface area contributed by atoms with Crippen LogP contribution >= 0.6 is 0 Å². The molecule has 1 fully saturated rings. The Morgan fingerprint density at radius 3 is 2.61 bits per heavy atom. The quantitative estimate of drug-likeness (QED) is 0.649. The Labute approximate surface area is 106 Å². The summed E-state index contributed by atoms with van der Waals surface area (Å²) in [6.07, 6.45) is 0.617. The lowest BCUT2D eigenvalue weighted by Gasteiger charge is -2.22. The van der Waals surface area contributed by atoms with Gasteiger partial charge in [-0.15, -0.1) is 0 Å². The topological polar surface area (TPSA) is 110 Å². The van der Waals surface area contributed by atoms with E-state index >= 15 is 0 Å². The summed E-state index contributed by atoms with van der Waals surface area (Å²) in [5.41, 5.74) is 6.14. The van der Waals surface area contributed by atoms with Gasteiger partial charge in [-0.05, 0) is 31.5 Å². The number of β-amino-alcohol motifs (C(OH)–C–C–N with tert-alkyl or cyclic N) is 1. The lowest BCUT2D eigenvalue weighted by Crippen LogP contribution is -2.30. The van der Waals surface area contributed by atoms with Crippen molar-refractivity contribution in [2.75, 3.05) is 23.7 Å². The molecule has 1 atom stereocenters. The molecule has 0 radical (unpaired) electrons. The van der Waals surface area contributed by atoms with Crippen LogP contribution in [0.4, 0.5) is 11.4 Å². The van der Waals surface area contributed by atoms with Gasteiger partial charge in [0.05, 0.1) is 21.9 Å². The molecule has 1 aromatic rings. The second-order valence-electron chi connectivity index (χ2n) is 4.93. The van der Waals surface area contributed by atoms with Crippen LogP contribution in [0.3, 0.4) is 0 Å². The molecule has 1 saturated heterocycles. The molecule has 1 aliphatic heterocycles. The normalized spacial score (nSPS) is 24.5. The van der Waals surface area contributed by atoms with Crippen LogP contribution in [0.15, 0.2) is 23.1 Å². The third-order valence-electron chi connectivity index (χ3n) is 3.12. The van der Waals surface area contributed by atoms with Gasteiger partial charge in [0.2, 0.25) is 10.0 Å². The predicted octanol–water partition coefficient (Wildman–Crippen LogP) is -0.123. The predicted molar refractivity (Wildman–Crippen MR) is 69.7 cm³/mol. The van der Waals surface area contributed by atoms with Gasteiger partial charge in [-0.3, -0.25) is 0 Å². The van der Waals surface area contributed by atoms with Crippen LogP contribution in [0.25, 0.3) is 0 Å². The third kappa shape index (κ3) is 2.58. The van der Waals surface area contributed by atoms with E-state index in [9.17, 15) is 13.5 Å². The molecule has 18 heavy (non-hydrogen) atoms. The third-order valence-corrected chi connectivity index (χ3v) is 4.03.